The maximum Gasteiger partial charge on any atom is 0.160 e. The summed E-state index contributed by atoms with van der Waals surface area (Å²) in [4.78, 5) is 15.7. The highest BCUT2D eigenvalue weighted by Crippen LogP contribution is 2.53. The van der Waals surface area contributed by atoms with Crippen molar-refractivity contribution in [2.45, 2.75) is 31.8 Å². The number of benzene rings is 8. The van der Waals surface area contributed by atoms with Gasteiger partial charge in [-0.15, -0.1) is 0 Å². The predicted octanol–water partition coefficient (Wildman–Crippen LogP) is 14.6. The second kappa shape index (κ2) is 15.9. The highest BCUT2D eigenvalue weighted by atomic mass is 32.2. The molecule has 300 valence electrons. The van der Waals surface area contributed by atoms with Crippen molar-refractivity contribution in [3.8, 4) is 45.0 Å². The van der Waals surface area contributed by atoms with Crippen LogP contribution in [0.5, 0.6) is 0 Å². The Hall–Kier alpha value is -7.16. The Balaban J connectivity index is 1.07. The van der Waals surface area contributed by atoms with Gasteiger partial charge in [0.05, 0.1) is 17.4 Å². The van der Waals surface area contributed by atoms with Crippen LogP contribution in [-0.4, -0.2) is 9.97 Å². The van der Waals surface area contributed by atoms with Crippen molar-refractivity contribution in [1.82, 2.24) is 20.6 Å². The molecule has 2 aliphatic rings. The Morgan fingerprint density at radius 2 is 1.13 bits per heavy atom. The van der Waals surface area contributed by atoms with Crippen LogP contribution in [0, 0.1) is 0 Å². The summed E-state index contributed by atoms with van der Waals surface area (Å²) in [5.41, 5.74) is 13.1. The molecule has 0 saturated heterocycles. The third kappa shape index (κ3) is 7.01. The normalized spacial score (nSPS) is 15.7. The largest absolute Gasteiger partial charge is 0.455 e. The van der Waals surface area contributed by atoms with Gasteiger partial charge in [-0.25, -0.2) is 9.97 Å². The van der Waals surface area contributed by atoms with Gasteiger partial charge >= 0.3 is 0 Å². The SMILES string of the molecule is C1=C(c2ccccc2)NC(c2ccccc2)NC1c1cc(-c2cc(-c3cccc4c3oc3ccccc34)nc(-c3ccccc3)n2)ccc1-c1cccc2c1Sc1ccccc1S2. The molecule has 2 aromatic heterocycles. The molecule has 2 aliphatic heterocycles. The van der Waals surface area contributed by atoms with Gasteiger partial charge in [0, 0.05) is 52.7 Å². The van der Waals surface area contributed by atoms with Gasteiger partial charge in [0.15, 0.2) is 5.82 Å². The monoisotopic (exact) mass is 846 g/mol. The van der Waals surface area contributed by atoms with E-state index >= 15 is 0 Å². The number of rotatable bonds is 7. The molecule has 10 aromatic rings. The average molecular weight is 847 g/mol. The van der Waals surface area contributed by atoms with Crippen LogP contribution in [0.2, 0.25) is 0 Å². The van der Waals surface area contributed by atoms with Crippen LogP contribution in [0.1, 0.15) is 28.9 Å². The van der Waals surface area contributed by atoms with E-state index < -0.39 is 0 Å². The summed E-state index contributed by atoms with van der Waals surface area (Å²) in [7, 11) is 0. The number of aromatic nitrogens is 2. The number of nitrogens with one attached hydrogen (secondary N) is 2. The molecule has 8 aromatic carbocycles. The minimum atomic E-state index is -0.176. The molecule has 0 spiro atoms. The lowest BCUT2D eigenvalue weighted by Gasteiger charge is -2.34. The van der Waals surface area contributed by atoms with E-state index in [4.69, 9.17) is 14.4 Å². The number of nitrogens with zero attached hydrogens (tertiary/aromatic N) is 2. The van der Waals surface area contributed by atoms with Gasteiger partial charge in [0.2, 0.25) is 0 Å². The summed E-state index contributed by atoms with van der Waals surface area (Å²) < 4.78 is 6.57. The lowest BCUT2D eigenvalue weighted by Crippen LogP contribution is -2.39. The minimum Gasteiger partial charge on any atom is -0.455 e. The Kier molecular flexibility index (Phi) is 9.52. The number of hydrogen-bond donors (Lipinski definition) is 2. The lowest BCUT2D eigenvalue weighted by atomic mass is 9.89. The topological polar surface area (TPSA) is 63.0 Å². The summed E-state index contributed by atoms with van der Waals surface area (Å²) in [6.45, 7) is 0. The predicted molar refractivity (Wildman–Crippen MR) is 258 cm³/mol. The summed E-state index contributed by atoms with van der Waals surface area (Å²) in [5, 5.41) is 10.0. The Morgan fingerprint density at radius 1 is 0.476 bits per heavy atom. The molecule has 2 unspecified atom stereocenters. The van der Waals surface area contributed by atoms with E-state index in [-0.39, 0.29) is 12.2 Å². The van der Waals surface area contributed by atoms with E-state index in [0.29, 0.717) is 5.82 Å². The van der Waals surface area contributed by atoms with Gasteiger partial charge in [-0.2, -0.15) is 0 Å². The van der Waals surface area contributed by atoms with E-state index in [1.165, 1.54) is 30.7 Å². The molecule has 0 amide bonds. The van der Waals surface area contributed by atoms with Gasteiger partial charge in [0.25, 0.3) is 0 Å². The molecule has 5 nitrogen and oxygen atoms in total. The smallest absolute Gasteiger partial charge is 0.160 e. The second-order valence-electron chi connectivity index (χ2n) is 15.8. The van der Waals surface area contributed by atoms with E-state index in [0.717, 1.165) is 72.4 Å². The molecule has 12 rings (SSSR count). The van der Waals surface area contributed by atoms with Crippen LogP contribution in [0.4, 0.5) is 0 Å². The molecule has 63 heavy (non-hydrogen) atoms. The highest BCUT2D eigenvalue weighted by Gasteiger charge is 2.29. The first-order chi connectivity index (χ1) is 31.2. The van der Waals surface area contributed by atoms with Crippen molar-refractivity contribution in [1.29, 1.82) is 0 Å². The van der Waals surface area contributed by atoms with Crippen LogP contribution in [0.25, 0.3) is 72.7 Å². The Labute approximate surface area is 374 Å². The first-order valence-corrected chi connectivity index (χ1v) is 22.8. The molecule has 2 N–H and O–H groups in total. The second-order valence-corrected chi connectivity index (χ2v) is 17.9. The highest BCUT2D eigenvalue weighted by molar-refractivity contribution is 8.05. The maximum atomic E-state index is 6.57. The third-order valence-corrected chi connectivity index (χ3v) is 14.5. The Bertz CT molecular complexity index is 3370. The van der Waals surface area contributed by atoms with Crippen molar-refractivity contribution in [2.75, 3.05) is 0 Å². The van der Waals surface area contributed by atoms with Gasteiger partial charge in [-0.05, 0) is 76.4 Å². The van der Waals surface area contributed by atoms with Crippen LogP contribution in [-0.2, 0) is 0 Å². The van der Waals surface area contributed by atoms with E-state index in [1.807, 2.05) is 53.9 Å². The molecule has 0 bridgehead atoms. The molecule has 2 atom stereocenters. The summed E-state index contributed by atoms with van der Waals surface area (Å²) in [6.07, 6.45) is 2.20. The lowest BCUT2D eigenvalue weighted by molar-refractivity contribution is 0.443. The molecular formula is C56H38N4OS2. The van der Waals surface area contributed by atoms with Gasteiger partial charge in [0.1, 0.15) is 17.3 Å². The fourth-order valence-electron chi connectivity index (χ4n) is 8.83. The molecule has 0 saturated carbocycles. The molecule has 0 aliphatic carbocycles. The van der Waals surface area contributed by atoms with Gasteiger partial charge in [-0.3, -0.25) is 5.32 Å². The molecule has 4 heterocycles. The first kappa shape index (κ1) is 37.6. The van der Waals surface area contributed by atoms with Crippen molar-refractivity contribution in [3.05, 3.63) is 223 Å². The zero-order valence-electron chi connectivity index (χ0n) is 33.9. The summed E-state index contributed by atoms with van der Waals surface area (Å²) >= 11 is 3.70. The number of furan rings is 1. The third-order valence-electron chi connectivity index (χ3n) is 11.9. The molecule has 0 radical (unpaired) electrons. The number of para-hydroxylation sites is 2. The van der Waals surface area contributed by atoms with E-state index in [1.54, 1.807) is 0 Å². The van der Waals surface area contributed by atoms with Crippen LogP contribution >= 0.6 is 23.5 Å². The maximum absolute atomic E-state index is 6.57. The first-order valence-electron chi connectivity index (χ1n) is 21.1. The zero-order chi connectivity index (χ0) is 41.7. The summed E-state index contributed by atoms with van der Waals surface area (Å²) in [5.74, 6) is 0.654. The van der Waals surface area contributed by atoms with E-state index in [9.17, 15) is 0 Å². The van der Waals surface area contributed by atoms with Crippen LogP contribution in [0.3, 0.4) is 0 Å². The van der Waals surface area contributed by atoms with Crippen molar-refractivity contribution in [3.63, 3.8) is 0 Å². The minimum absolute atomic E-state index is 0.144. The molecular weight excluding hydrogens is 809 g/mol. The average Bonchev–Trinajstić information content (AvgIpc) is 3.75. The molecule has 0 fully saturated rings. The van der Waals surface area contributed by atoms with Crippen molar-refractivity contribution >= 4 is 51.2 Å². The van der Waals surface area contributed by atoms with Crippen molar-refractivity contribution < 1.29 is 4.42 Å². The number of fused-ring (bicyclic) bond motifs is 5. The van der Waals surface area contributed by atoms with E-state index in [2.05, 4.69) is 187 Å². The number of hydrogen-bond acceptors (Lipinski definition) is 7. The van der Waals surface area contributed by atoms with Crippen LogP contribution in [0.15, 0.2) is 230 Å². The quantitative estimate of drug-likeness (QED) is 0.166. The van der Waals surface area contributed by atoms with Gasteiger partial charge < -0.3 is 9.73 Å². The fraction of sp³-hybridized carbons (Fsp3) is 0.0357. The molecule has 7 heteroatoms. The van der Waals surface area contributed by atoms with Gasteiger partial charge in [-0.1, -0.05) is 181 Å². The van der Waals surface area contributed by atoms with Crippen LogP contribution < -0.4 is 10.6 Å². The fourth-order valence-corrected chi connectivity index (χ4v) is 11.2. The zero-order valence-corrected chi connectivity index (χ0v) is 35.5. The summed E-state index contributed by atoms with van der Waals surface area (Å²) in [6, 6.07) is 70.3. The standard InChI is InChI=1S/C56H38N4OS2/c1-4-16-35(17-5-1)45-33-48(60-55(57-45)36-18-6-2-7-19-36)44-32-38(30-31-39(44)42-24-15-29-52-54(42)63-51-28-13-12-27-50(51)62-52)46-34-47(59-56(58-46)37-20-8-3-9-21-37)43-25-14-23-41-40-22-10-11-26-49(40)61-53(41)43/h1-34,48,55,57,60H. The van der Waals surface area contributed by atoms with Crippen molar-refractivity contribution in [2.24, 2.45) is 0 Å². The Morgan fingerprint density at radius 3 is 1.95 bits per heavy atom.